The molecule has 2 aromatic heterocycles. The van der Waals surface area contributed by atoms with Gasteiger partial charge in [0.05, 0.1) is 11.4 Å². The number of H-pyrrole nitrogens is 1. The zero-order chi connectivity index (χ0) is 27.2. The molecule has 1 unspecified atom stereocenters. The van der Waals surface area contributed by atoms with Crippen molar-refractivity contribution in [2.45, 2.75) is 57.6 Å². The Kier molecular flexibility index (Phi) is 6.41. The van der Waals surface area contributed by atoms with Crippen LogP contribution in [0.4, 0.5) is 10.5 Å². The van der Waals surface area contributed by atoms with Gasteiger partial charge in [0, 0.05) is 80.7 Å². The molecule has 3 aliphatic rings. The molecule has 39 heavy (non-hydrogen) atoms. The molecule has 3 aromatic rings. The molecule has 6 rings (SSSR count). The van der Waals surface area contributed by atoms with Gasteiger partial charge < -0.3 is 24.8 Å². The fraction of sp³-hybridized carbons (Fsp3) is 0.467. The standard InChI is InChI=1S/C30H36N6O3/c1-29(2,3)39-28(38)36-14-12-35(13-15-36)22-6-4-20(5-7-22)27-32-11-9-24(34-27)25-16-21-18-31-19-30(26(21)33-25)10-8-23(37)17-30/h4-7,9,11,16,31,33H,8,10,12-15,17-19H2,1-3H3. The molecule has 2 fully saturated rings. The first-order chi connectivity index (χ1) is 18.7. The minimum Gasteiger partial charge on any atom is -0.444 e. The number of anilines is 1. The molecule has 2 aliphatic heterocycles. The van der Waals surface area contributed by atoms with Crippen LogP contribution in [0.25, 0.3) is 22.8 Å². The Hall–Kier alpha value is -3.72. The Morgan fingerprint density at radius 2 is 1.85 bits per heavy atom. The second-order valence-corrected chi connectivity index (χ2v) is 11.9. The number of nitrogens with zero attached hydrogens (tertiary/aromatic N) is 4. The first kappa shape index (κ1) is 25.6. The number of carbonyl (C=O) groups excluding carboxylic acids is 2. The summed E-state index contributed by atoms with van der Waals surface area (Å²) in [7, 11) is 0. The van der Waals surface area contributed by atoms with Gasteiger partial charge in [0.1, 0.15) is 11.4 Å². The van der Waals surface area contributed by atoms with Crippen molar-refractivity contribution in [2.75, 3.05) is 37.6 Å². The van der Waals surface area contributed by atoms with Crippen LogP contribution in [0.15, 0.2) is 42.6 Å². The fourth-order valence-electron chi connectivity index (χ4n) is 6.01. The molecule has 0 bridgehead atoms. The highest BCUT2D eigenvalue weighted by atomic mass is 16.6. The van der Waals surface area contributed by atoms with E-state index in [1.165, 1.54) is 11.3 Å². The minimum absolute atomic E-state index is 0.118. The van der Waals surface area contributed by atoms with Gasteiger partial charge in [-0.15, -0.1) is 0 Å². The summed E-state index contributed by atoms with van der Waals surface area (Å²) in [4.78, 5) is 41.6. The molecular formula is C30H36N6O3. The van der Waals surface area contributed by atoms with Crippen LogP contribution in [-0.2, 0) is 21.5 Å². The number of ketones is 1. The second-order valence-electron chi connectivity index (χ2n) is 11.9. The average Bonchev–Trinajstić information content (AvgIpc) is 3.53. The molecule has 1 atom stereocenters. The number of Topliss-reactive ketones (excluding diaryl/α,β-unsaturated/α-hetero) is 1. The number of rotatable bonds is 3. The first-order valence-corrected chi connectivity index (χ1v) is 13.8. The smallest absolute Gasteiger partial charge is 0.410 e. The number of fused-ring (bicyclic) bond motifs is 2. The summed E-state index contributed by atoms with van der Waals surface area (Å²) in [5.41, 5.74) is 5.68. The van der Waals surface area contributed by atoms with Crippen LogP contribution in [0.3, 0.4) is 0 Å². The van der Waals surface area contributed by atoms with E-state index in [2.05, 4.69) is 50.5 Å². The predicted octanol–water partition coefficient (Wildman–Crippen LogP) is 4.29. The molecule has 1 saturated carbocycles. The second kappa shape index (κ2) is 9.79. The Labute approximate surface area is 229 Å². The summed E-state index contributed by atoms with van der Waals surface area (Å²) in [5.74, 6) is 1.02. The van der Waals surface area contributed by atoms with Crippen molar-refractivity contribution in [3.05, 3.63) is 53.9 Å². The highest BCUT2D eigenvalue weighted by Gasteiger charge is 2.44. The van der Waals surface area contributed by atoms with E-state index in [1.807, 2.05) is 26.8 Å². The van der Waals surface area contributed by atoms with Gasteiger partial charge in [-0.3, -0.25) is 4.79 Å². The maximum absolute atomic E-state index is 12.4. The van der Waals surface area contributed by atoms with E-state index in [9.17, 15) is 9.59 Å². The van der Waals surface area contributed by atoms with Crippen LogP contribution >= 0.6 is 0 Å². The molecule has 1 aliphatic carbocycles. The topological polar surface area (TPSA) is 103 Å². The Morgan fingerprint density at radius 1 is 1.08 bits per heavy atom. The number of hydrogen-bond acceptors (Lipinski definition) is 7. The zero-order valence-electron chi connectivity index (χ0n) is 22.9. The van der Waals surface area contributed by atoms with Gasteiger partial charge in [0.15, 0.2) is 5.82 Å². The number of aromatic amines is 1. The number of amides is 1. The maximum Gasteiger partial charge on any atom is 0.410 e. The quantitative estimate of drug-likeness (QED) is 0.523. The average molecular weight is 529 g/mol. The van der Waals surface area contributed by atoms with Crippen molar-refractivity contribution in [1.82, 2.24) is 25.2 Å². The number of carbonyl (C=O) groups is 2. The van der Waals surface area contributed by atoms with Crippen molar-refractivity contribution in [1.29, 1.82) is 0 Å². The maximum atomic E-state index is 12.4. The van der Waals surface area contributed by atoms with Gasteiger partial charge in [-0.1, -0.05) is 0 Å². The van der Waals surface area contributed by atoms with Gasteiger partial charge in [-0.05, 0) is 69.2 Å². The van der Waals surface area contributed by atoms with Crippen molar-refractivity contribution in [3.63, 3.8) is 0 Å². The van der Waals surface area contributed by atoms with E-state index in [0.717, 1.165) is 55.2 Å². The van der Waals surface area contributed by atoms with Gasteiger partial charge in [-0.25, -0.2) is 14.8 Å². The van der Waals surface area contributed by atoms with Crippen molar-refractivity contribution in [3.8, 4) is 22.8 Å². The van der Waals surface area contributed by atoms with Crippen molar-refractivity contribution in [2.24, 2.45) is 0 Å². The Balaban J connectivity index is 1.15. The lowest BCUT2D eigenvalue weighted by Crippen LogP contribution is -2.50. The third-order valence-electron chi connectivity index (χ3n) is 7.98. The monoisotopic (exact) mass is 528 g/mol. The number of nitrogens with one attached hydrogen (secondary N) is 2. The highest BCUT2D eigenvalue weighted by Crippen LogP contribution is 2.43. The van der Waals surface area contributed by atoms with Crippen LogP contribution in [0.1, 0.15) is 51.3 Å². The van der Waals surface area contributed by atoms with Crippen LogP contribution in [0.5, 0.6) is 0 Å². The van der Waals surface area contributed by atoms with Gasteiger partial charge in [0.25, 0.3) is 0 Å². The predicted molar refractivity (Wildman–Crippen MR) is 150 cm³/mol. The fourth-order valence-corrected chi connectivity index (χ4v) is 6.01. The van der Waals surface area contributed by atoms with Crippen molar-refractivity contribution >= 4 is 17.6 Å². The lowest BCUT2D eigenvalue weighted by molar-refractivity contribution is -0.117. The molecule has 1 spiro atoms. The van der Waals surface area contributed by atoms with Crippen LogP contribution < -0.4 is 10.2 Å². The first-order valence-electron chi connectivity index (χ1n) is 13.8. The summed E-state index contributed by atoms with van der Waals surface area (Å²) >= 11 is 0. The third kappa shape index (κ3) is 5.15. The van der Waals surface area contributed by atoms with Crippen molar-refractivity contribution < 1.29 is 14.3 Å². The molecule has 1 amide bonds. The molecule has 1 saturated heterocycles. The Bertz CT molecular complexity index is 1380. The molecule has 9 heteroatoms. The zero-order valence-corrected chi connectivity index (χ0v) is 22.9. The molecular weight excluding hydrogens is 492 g/mol. The third-order valence-corrected chi connectivity index (χ3v) is 7.98. The molecule has 204 valence electrons. The van der Waals surface area contributed by atoms with Gasteiger partial charge in [0.2, 0.25) is 0 Å². The van der Waals surface area contributed by atoms with E-state index in [-0.39, 0.29) is 11.5 Å². The summed E-state index contributed by atoms with van der Waals surface area (Å²) < 4.78 is 5.51. The molecule has 0 radical (unpaired) electrons. The lowest BCUT2D eigenvalue weighted by Gasteiger charge is -2.36. The summed E-state index contributed by atoms with van der Waals surface area (Å²) in [6.45, 7) is 10.1. The number of hydrogen-bond donors (Lipinski definition) is 2. The van der Waals surface area contributed by atoms with Crippen LogP contribution in [0, 0.1) is 0 Å². The summed E-state index contributed by atoms with van der Waals surface area (Å²) in [6, 6.07) is 12.4. The Morgan fingerprint density at radius 3 is 2.54 bits per heavy atom. The van der Waals surface area contributed by atoms with E-state index in [4.69, 9.17) is 9.72 Å². The largest absolute Gasteiger partial charge is 0.444 e. The summed E-state index contributed by atoms with van der Waals surface area (Å²) in [6.07, 6.45) is 3.70. The highest BCUT2D eigenvalue weighted by molar-refractivity contribution is 5.83. The normalized spacial score (nSPS) is 21.4. The summed E-state index contributed by atoms with van der Waals surface area (Å²) in [5, 5.41) is 3.51. The minimum atomic E-state index is -0.487. The molecule has 2 N–H and O–H groups in total. The molecule has 1 aromatic carbocycles. The van der Waals surface area contributed by atoms with Gasteiger partial charge >= 0.3 is 6.09 Å². The SMILES string of the molecule is CC(C)(C)OC(=O)N1CCN(c2ccc(-c3nccc(-c4cc5c([nH]4)C4(CCC(=O)C4)CNC5)n3)cc2)CC1. The van der Waals surface area contributed by atoms with E-state index in [0.29, 0.717) is 37.5 Å². The van der Waals surface area contributed by atoms with Crippen LogP contribution in [0.2, 0.25) is 0 Å². The van der Waals surface area contributed by atoms with E-state index >= 15 is 0 Å². The number of benzene rings is 1. The number of ether oxygens (including phenoxy) is 1. The van der Waals surface area contributed by atoms with E-state index in [1.54, 1.807) is 11.1 Å². The van der Waals surface area contributed by atoms with Crippen LogP contribution in [-0.4, -0.2) is 70.1 Å². The van der Waals surface area contributed by atoms with Gasteiger partial charge in [-0.2, -0.15) is 0 Å². The van der Waals surface area contributed by atoms with E-state index < -0.39 is 5.60 Å². The number of aromatic nitrogens is 3. The molecule has 9 nitrogen and oxygen atoms in total. The molecule has 4 heterocycles. The number of piperazine rings is 1. The lowest BCUT2D eigenvalue weighted by atomic mass is 9.79.